The van der Waals surface area contributed by atoms with E-state index in [2.05, 4.69) is 5.16 Å². The Labute approximate surface area is 76.2 Å². The van der Waals surface area contributed by atoms with Crippen molar-refractivity contribution in [2.45, 2.75) is 6.92 Å². The maximum atomic E-state index is 5.67. The highest BCUT2D eigenvalue weighted by molar-refractivity contribution is 5.71. The van der Waals surface area contributed by atoms with Gasteiger partial charge in [-0.15, -0.1) is 0 Å². The number of nitrogen functional groups attached to an aromatic ring is 1. The molecule has 1 aromatic carbocycles. The van der Waals surface area contributed by atoms with Crippen molar-refractivity contribution >= 4 is 5.69 Å². The van der Waals surface area contributed by atoms with Crippen LogP contribution in [0.2, 0.25) is 0 Å². The molecule has 1 heterocycles. The number of nitrogens with zero attached hydrogens (tertiary/aromatic N) is 1. The first-order chi connectivity index (χ1) is 6.27. The van der Waals surface area contributed by atoms with E-state index in [0.29, 0.717) is 11.4 Å². The van der Waals surface area contributed by atoms with Crippen molar-refractivity contribution in [3.05, 3.63) is 36.1 Å². The van der Waals surface area contributed by atoms with Crippen molar-refractivity contribution in [3.63, 3.8) is 0 Å². The lowest BCUT2D eigenvalue weighted by atomic mass is 10.1. The molecule has 0 atom stereocenters. The molecule has 3 heteroatoms. The monoisotopic (exact) mass is 174 g/mol. The summed E-state index contributed by atoms with van der Waals surface area (Å²) in [6, 6.07) is 7.98. The van der Waals surface area contributed by atoms with Crippen molar-refractivity contribution < 1.29 is 4.52 Å². The molecule has 0 aliphatic carbocycles. The van der Waals surface area contributed by atoms with E-state index in [-0.39, 0.29) is 0 Å². The van der Waals surface area contributed by atoms with Crippen LogP contribution in [0.5, 0.6) is 0 Å². The molecule has 0 saturated heterocycles. The zero-order chi connectivity index (χ0) is 9.26. The normalized spacial score (nSPS) is 10.2. The molecule has 0 fully saturated rings. The fraction of sp³-hybridized carbons (Fsp3) is 0.100. The topological polar surface area (TPSA) is 52.0 Å². The average molecular weight is 174 g/mol. The van der Waals surface area contributed by atoms with Crippen molar-refractivity contribution in [2.75, 3.05) is 5.73 Å². The van der Waals surface area contributed by atoms with Crippen molar-refractivity contribution in [1.82, 2.24) is 5.16 Å². The van der Waals surface area contributed by atoms with E-state index in [0.717, 1.165) is 5.56 Å². The number of rotatable bonds is 1. The fourth-order valence-electron chi connectivity index (χ4n) is 1.26. The van der Waals surface area contributed by atoms with Crippen LogP contribution in [-0.4, -0.2) is 5.16 Å². The van der Waals surface area contributed by atoms with Gasteiger partial charge >= 0.3 is 0 Å². The van der Waals surface area contributed by atoms with Gasteiger partial charge in [-0.2, -0.15) is 0 Å². The van der Waals surface area contributed by atoms with Crippen LogP contribution in [0.25, 0.3) is 11.3 Å². The molecule has 0 aliphatic heterocycles. The molecule has 0 unspecified atom stereocenters. The molecule has 0 aliphatic rings. The van der Waals surface area contributed by atoms with Gasteiger partial charge in [-0.25, -0.2) is 0 Å². The summed E-state index contributed by atoms with van der Waals surface area (Å²) in [4.78, 5) is 0. The maximum absolute atomic E-state index is 5.67. The molecule has 2 N–H and O–H groups in total. The van der Waals surface area contributed by atoms with Gasteiger partial charge in [0.15, 0.2) is 0 Å². The Morgan fingerprint density at radius 3 is 2.85 bits per heavy atom. The average Bonchev–Trinajstić information content (AvgIpc) is 2.51. The lowest BCUT2D eigenvalue weighted by Gasteiger charge is -1.97. The van der Waals surface area contributed by atoms with E-state index in [1.807, 2.05) is 31.2 Å². The number of hydrogen-bond acceptors (Lipinski definition) is 3. The highest BCUT2D eigenvalue weighted by Gasteiger charge is 2.06. The summed E-state index contributed by atoms with van der Waals surface area (Å²) in [6.45, 7) is 2.03. The largest absolute Gasteiger partial charge is 0.394 e. The van der Waals surface area contributed by atoms with Gasteiger partial charge in [-0.3, -0.25) is 0 Å². The van der Waals surface area contributed by atoms with Gasteiger partial charge in [-0.05, 0) is 13.0 Å². The van der Waals surface area contributed by atoms with E-state index < -0.39 is 0 Å². The summed E-state index contributed by atoms with van der Waals surface area (Å²) < 4.78 is 4.76. The van der Waals surface area contributed by atoms with Crippen LogP contribution in [0, 0.1) is 6.92 Å². The number of aryl methyl sites for hydroxylation is 1. The van der Waals surface area contributed by atoms with Crippen LogP contribution in [0.4, 0.5) is 5.69 Å². The molecule has 2 aromatic rings. The number of hydrogen-bond donors (Lipinski definition) is 1. The van der Waals surface area contributed by atoms with E-state index >= 15 is 0 Å². The SMILES string of the molecule is Cc1cccc(-c2nocc2N)c1. The van der Waals surface area contributed by atoms with Crippen LogP contribution in [0.3, 0.4) is 0 Å². The molecule has 0 saturated carbocycles. The molecule has 13 heavy (non-hydrogen) atoms. The van der Waals surface area contributed by atoms with Gasteiger partial charge in [-0.1, -0.05) is 28.9 Å². The number of nitrogens with two attached hydrogens (primary N) is 1. The van der Waals surface area contributed by atoms with E-state index in [4.69, 9.17) is 10.3 Å². The molecular weight excluding hydrogens is 164 g/mol. The van der Waals surface area contributed by atoms with E-state index in [9.17, 15) is 0 Å². The molecule has 2 rings (SSSR count). The predicted octanol–water partition coefficient (Wildman–Crippen LogP) is 2.23. The predicted molar refractivity (Wildman–Crippen MR) is 51.1 cm³/mol. The smallest absolute Gasteiger partial charge is 0.147 e. The molecule has 0 spiro atoms. The van der Waals surface area contributed by atoms with Crippen LogP contribution in [0.15, 0.2) is 35.1 Å². The first-order valence-corrected chi connectivity index (χ1v) is 4.04. The van der Waals surface area contributed by atoms with Crippen LogP contribution in [0.1, 0.15) is 5.56 Å². The maximum Gasteiger partial charge on any atom is 0.147 e. The zero-order valence-corrected chi connectivity index (χ0v) is 7.32. The summed E-state index contributed by atoms with van der Waals surface area (Å²) in [5.41, 5.74) is 9.13. The third-order valence-electron chi connectivity index (χ3n) is 1.89. The standard InChI is InChI=1S/C10H10N2O/c1-7-3-2-4-8(5-7)10-9(11)6-13-12-10/h2-6H,11H2,1H3. The number of benzene rings is 1. The minimum absolute atomic E-state index is 0.575. The Bertz CT molecular complexity index is 420. The molecule has 3 nitrogen and oxygen atoms in total. The van der Waals surface area contributed by atoms with Crippen LogP contribution in [-0.2, 0) is 0 Å². The summed E-state index contributed by atoms with van der Waals surface area (Å²) in [5.74, 6) is 0. The molecule has 66 valence electrons. The molecular formula is C10H10N2O. The van der Waals surface area contributed by atoms with Gasteiger partial charge in [0.25, 0.3) is 0 Å². The van der Waals surface area contributed by atoms with Crippen molar-refractivity contribution in [2.24, 2.45) is 0 Å². The zero-order valence-electron chi connectivity index (χ0n) is 7.32. The first-order valence-electron chi connectivity index (χ1n) is 4.04. The fourth-order valence-corrected chi connectivity index (χ4v) is 1.26. The molecule has 1 aromatic heterocycles. The summed E-state index contributed by atoms with van der Waals surface area (Å²) >= 11 is 0. The Balaban J connectivity index is 2.53. The van der Waals surface area contributed by atoms with Gasteiger partial charge in [0.1, 0.15) is 17.6 Å². The molecule has 0 bridgehead atoms. The summed E-state index contributed by atoms with van der Waals surface area (Å²) in [7, 11) is 0. The second kappa shape index (κ2) is 2.94. The summed E-state index contributed by atoms with van der Waals surface area (Å²) in [5, 5.41) is 3.83. The van der Waals surface area contributed by atoms with Gasteiger partial charge in [0.2, 0.25) is 0 Å². The number of aromatic nitrogens is 1. The van der Waals surface area contributed by atoms with Gasteiger partial charge in [0.05, 0.1) is 0 Å². The van der Waals surface area contributed by atoms with Crippen LogP contribution < -0.4 is 5.73 Å². The van der Waals surface area contributed by atoms with Gasteiger partial charge < -0.3 is 10.3 Å². The second-order valence-electron chi connectivity index (χ2n) is 2.99. The number of anilines is 1. The summed E-state index contributed by atoms with van der Waals surface area (Å²) in [6.07, 6.45) is 1.44. The quantitative estimate of drug-likeness (QED) is 0.721. The Morgan fingerprint density at radius 2 is 2.23 bits per heavy atom. The Morgan fingerprint density at radius 1 is 1.38 bits per heavy atom. The van der Waals surface area contributed by atoms with E-state index in [1.54, 1.807) is 0 Å². The third-order valence-corrected chi connectivity index (χ3v) is 1.89. The first kappa shape index (κ1) is 7.86. The van der Waals surface area contributed by atoms with Crippen LogP contribution >= 0.6 is 0 Å². The highest BCUT2D eigenvalue weighted by atomic mass is 16.5. The van der Waals surface area contributed by atoms with Gasteiger partial charge in [0, 0.05) is 5.56 Å². The Kier molecular flexibility index (Phi) is 1.77. The minimum Gasteiger partial charge on any atom is -0.394 e. The van der Waals surface area contributed by atoms with Crippen molar-refractivity contribution in [3.8, 4) is 11.3 Å². The Hall–Kier alpha value is -1.77. The second-order valence-corrected chi connectivity index (χ2v) is 2.99. The third kappa shape index (κ3) is 1.40. The van der Waals surface area contributed by atoms with E-state index in [1.165, 1.54) is 11.8 Å². The molecule has 0 amide bonds. The lowest BCUT2D eigenvalue weighted by molar-refractivity contribution is 0.422. The lowest BCUT2D eigenvalue weighted by Crippen LogP contribution is -1.86. The van der Waals surface area contributed by atoms with Crippen molar-refractivity contribution in [1.29, 1.82) is 0 Å². The highest BCUT2D eigenvalue weighted by Crippen LogP contribution is 2.24. The molecule has 0 radical (unpaired) electrons. The minimum atomic E-state index is 0.575.